The molecule has 0 spiro atoms. The van der Waals surface area contributed by atoms with E-state index in [1.54, 1.807) is 36.4 Å². The second kappa shape index (κ2) is 9.50. The number of carbonyl (C=O) groups excluding carboxylic acids is 3. The van der Waals surface area contributed by atoms with E-state index in [2.05, 4.69) is 10.6 Å². The molecular formula is C29H18Cl2N2O3S2. The van der Waals surface area contributed by atoms with Crippen molar-refractivity contribution in [2.24, 2.45) is 0 Å². The third-order valence-electron chi connectivity index (χ3n) is 6.42. The molecule has 5 nitrogen and oxygen atoms in total. The van der Waals surface area contributed by atoms with E-state index in [1.807, 2.05) is 24.3 Å². The molecule has 0 radical (unpaired) electrons. The van der Waals surface area contributed by atoms with Crippen molar-refractivity contribution in [3.05, 3.63) is 93.0 Å². The van der Waals surface area contributed by atoms with Crippen molar-refractivity contribution in [1.82, 2.24) is 0 Å². The van der Waals surface area contributed by atoms with Gasteiger partial charge in [-0.25, -0.2) is 0 Å². The number of Topliss-reactive ketones (excluding diaryl/α,β-unsaturated/α-hetero) is 2. The predicted octanol–water partition coefficient (Wildman–Crippen LogP) is 9.05. The van der Waals surface area contributed by atoms with Crippen LogP contribution in [0.4, 0.5) is 22.7 Å². The first-order chi connectivity index (χ1) is 18.2. The molecule has 2 aliphatic heterocycles. The van der Waals surface area contributed by atoms with Crippen molar-refractivity contribution in [2.45, 2.75) is 33.4 Å². The molecule has 2 N–H and O–H groups in total. The number of benzene rings is 4. The van der Waals surface area contributed by atoms with Crippen LogP contribution in [-0.4, -0.2) is 17.3 Å². The third-order valence-corrected chi connectivity index (χ3v) is 9.32. The molecule has 0 fully saturated rings. The highest BCUT2D eigenvalue weighted by Gasteiger charge is 2.30. The van der Waals surface area contributed by atoms with Crippen LogP contribution in [0, 0.1) is 0 Å². The topological polar surface area (TPSA) is 75.3 Å². The normalized spacial score (nSPS) is 12.7. The Balaban J connectivity index is 1.46. The fourth-order valence-electron chi connectivity index (χ4n) is 4.48. The SMILES string of the molecule is CC(=O)c1ccc2c(c1)Nc1c(ccc(Cl)c1C(=O)c1c(Cl)ccc3c1Nc1cc(C(C)=O)ccc1S3)S2. The molecule has 0 bridgehead atoms. The van der Waals surface area contributed by atoms with Gasteiger partial charge >= 0.3 is 0 Å². The number of hydrogen-bond donors (Lipinski definition) is 2. The predicted molar refractivity (Wildman–Crippen MR) is 154 cm³/mol. The quantitative estimate of drug-likeness (QED) is 0.203. The molecule has 38 heavy (non-hydrogen) atoms. The largest absolute Gasteiger partial charge is 0.353 e. The summed E-state index contributed by atoms with van der Waals surface area (Å²) in [6.07, 6.45) is 0. The molecule has 0 atom stereocenters. The Morgan fingerprint density at radius 3 is 1.39 bits per heavy atom. The number of halogens is 2. The first-order valence-electron chi connectivity index (χ1n) is 11.6. The average Bonchev–Trinajstić information content (AvgIpc) is 2.89. The minimum Gasteiger partial charge on any atom is -0.353 e. The van der Waals surface area contributed by atoms with Gasteiger partial charge < -0.3 is 10.6 Å². The Morgan fingerprint density at radius 2 is 1.00 bits per heavy atom. The van der Waals surface area contributed by atoms with E-state index in [4.69, 9.17) is 23.2 Å². The molecule has 6 rings (SSSR count). The van der Waals surface area contributed by atoms with E-state index in [0.29, 0.717) is 33.6 Å². The summed E-state index contributed by atoms with van der Waals surface area (Å²) in [5.74, 6) is -0.438. The summed E-state index contributed by atoms with van der Waals surface area (Å²) in [5, 5.41) is 7.26. The van der Waals surface area contributed by atoms with Crippen LogP contribution in [0.1, 0.15) is 50.5 Å². The van der Waals surface area contributed by atoms with Crippen LogP contribution >= 0.6 is 46.7 Å². The number of carbonyl (C=O) groups is 3. The van der Waals surface area contributed by atoms with Crippen LogP contribution < -0.4 is 10.6 Å². The molecule has 2 heterocycles. The fourth-order valence-corrected chi connectivity index (χ4v) is 6.94. The van der Waals surface area contributed by atoms with Gasteiger partial charge in [0.25, 0.3) is 0 Å². The third kappa shape index (κ3) is 4.20. The minimum atomic E-state index is -0.341. The Labute approximate surface area is 237 Å². The highest BCUT2D eigenvalue weighted by molar-refractivity contribution is 8.00. The maximum Gasteiger partial charge on any atom is 0.200 e. The molecule has 0 saturated heterocycles. The van der Waals surface area contributed by atoms with Crippen molar-refractivity contribution in [3.8, 4) is 0 Å². The fraction of sp³-hybridized carbons (Fsp3) is 0.0690. The van der Waals surface area contributed by atoms with Gasteiger partial charge in [0.1, 0.15) is 0 Å². The summed E-state index contributed by atoms with van der Waals surface area (Å²) in [6, 6.07) is 18.1. The molecule has 0 unspecified atom stereocenters. The smallest absolute Gasteiger partial charge is 0.200 e. The lowest BCUT2D eigenvalue weighted by molar-refractivity contribution is 0.100. The molecule has 0 aromatic heterocycles. The van der Waals surface area contributed by atoms with Gasteiger partial charge in [0.15, 0.2) is 17.3 Å². The first kappa shape index (κ1) is 25.1. The lowest BCUT2D eigenvalue weighted by atomic mass is 9.98. The van der Waals surface area contributed by atoms with Gasteiger partial charge in [0.2, 0.25) is 0 Å². The molecule has 2 aliphatic rings. The van der Waals surface area contributed by atoms with Gasteiger partial charge in [-0.1, -0.05) is 58.9 Å². The number of hydrogen-bond acceptors (Lipinski definition) is 7. The summed E-state index contributed by atoms with van der Waals surface area (Å²) < 4.78 is 0. The molecule has 0 aliphatic carbocycles. The standard InChI is InChI=1S/C29H18Cl2N2O3S2/c1-13(34)15-3-7-21-19(11-15)32-27-23(37-21)9-5-17(30)25(27)29(36)26-18(31)6-10-24-28(26)33-20-12-16(14(2)35)4-8-22(20)38-24/h3-12,32-33H,1-2H3. The van der Waals surface area contributed by atoms with E-state index in [1.165, 1.54) is 37.4 Å². The highest BCUT2D eigenvalue weighted by Crippen LogP contribution is 2.51. The van der Waals surface area contributed by atoms with Crippen LogP contribution in [0.15, 0.2) is 80.2 Å². The second-order valence-electron chi connectivity index (χ2n) is 8.91. The molecular weight excluding hydrogens is 559 g/mol. The van der Waals surface area contributed by atoms with Crippen molar-refractivity contribution in [3.63, 3.8) is 0 Å². The maximum atomic E-state index is 14.2. The van der Waals surface area contributed by atoms with Gasteiger partial charge in [-0.3, -0.25) is 14.4 Å². The van der Waals surface area contributed by atoms with Crippen molar-refractivity contribution >= 4 is 86.8 Å². The summed E-state index contributed by atoms with van der Waals surface area (Å²) in [5.41, 5.74) is 4.32. The molecule has 9 heteroatoms. The number of fused-ring (bicyclic) bond motifs is 4. The zero-order valence-corrected chi connectivity index (χ0v) is 23.2. The molecule has 188 valence electrons. The van der Waals surface area contributed by atoms with Gasteiger partial charge in [0.05, 0.1) is 43.9 Å². The van der Waals surface area contributed by atoms with E-state index < -0.39 is 0 Å². The van der Waals surface area contributed by atoms with E-state index in [9.17, 15) is 14.4 Å². The van der Waals surface area contributed by atoms with Crippen LogP contribution in [-0.2, 0) is 0 Å². The van der Waals surface area contributed by atoms with E-state index in [-0.39, 0.29) is 27.4 Å². The number of rotatable bonds is 4. The first-order valence-corrected chi connectivity index (χ1v) is 14.0. The Bertz CT molecular complexity index is 1610. The Morgan fingerprint density at radius 1 is 0.605 bits per heavy atom. The molecule has 4 aromatic carbocycles. The van der Waals surface area contributed by atoms with Gasteiger partial charge in [0, 0.05) is 30.7 Å². The van der Waals surface area contributed by atoms with E-state index in [0.717, 1.165) is 31.0 Å². The van der Waals surface area contributed by atoms with Gasteiger partial charge in [-0.15, -0.1) is 0 Å². The van der Waals surface area contributed by atoms with Crippen LogP contribution in [0.3, 0.4) is 0 Å². The van der Waals surface area contributed by atoms with Crippen molar-refractivity contribution < 1.29 is 14.4 Å². The summed E-state index contributed by atoms with van der Waals surface area (Å²) in [4.78, 5) is 41.7. The van der Waals surface area contributed by atoms with Crippen LogP contribution in [0.25, 0.3) is 0 Å². The summed E-state index contributed by atoms with van der Waals surface area (Å²) in [7, 11) is 0. The maximum absolute atomic E-state index is 14.2. The molecule has 4 aromatic rings. The number of anilines is 4. The summed E-state index contributed by atoms with van der Waals surface area (Å²) >= 11 is 16.3. The highest BCUT2D eigenvalue weighted by atomic mass is 35.5. The van der Waals surface area contributed by atoms with E-state index >= 15 is 0 Å². The molecule has 0 amide bonds. The second-order valence-corrected chi connectivity index (χ2v) is 11.9. The van der Waals surface area contributed by atoms with Crippen molar-refractivity contribution in [1.29, 1.82) is 0 Å². The van der Waals surface area contributed by atoms with Gasteiger partial charge in [-0.2, -0.15) is 0 Å². The van der Waals surface area contributed by atoms with Crippen LogP contribution in [0.5, 0.6) is 0 Å². The summed E-state index contributed by atoms with van der Waals surface area (Å²) in [6.45, 7) is 3.03. The lowest BCUT2D eigenvalue weighted by Crippen LogP contribution is -2.14. The number of nitrogens with one attached hydrogen (secondary N) is 2. The Hall–Kier alpha value is -3.23. The molecule has 0 saturated carbocycles. The monoisotopic (exact) mass is 576 g/mol. The average molecular weight is 578 g/mol. The van der Waals surface area contributed by atoms with Gasteiger partial charge in [-0.05, 0) is 62.4 Å². The zero-order chi connectivity index (χ0) is 26.7. The van der Waals surface area contributed by atoms with Crippen molar-refractivity contribution in [2.75, 3.05) is 10.6 Å². The Kier molecular flexibility index (Phi) is 6.27. The van der Waals surface area contributed by atoms with Crippen LogP contribution in [0.2, 0.25) is 10.0 Å². The zero-order valence-electron chi connectivity index (χ0n) is 20.1. The number of ketones is 3. The lowest BCUT2D eigenvalue weighted by Gasteiger charge is -2.26. The minimum absolute atomic E-state index is 0.0488.